The summed E-state index contributed by atoms with van der Waals surface area (Å²) in [5.41, 5.74) is -8.47. The van der Waals surface area contributed by atoms with Crippen molar-refractivity contribution < 1.29 is 44.7 Å². The topological polar surface area (TPSA) is 86.7 Å². The lowest BCUT2D eigenvalue weighted by Gasteiger charge is -2.40. The van der Waals surface area contributed by atoms with Crippen molar-refractivity contribution in [2.45, 2.75) is 36.5 Å². The Labute approximate surface area is 197 Å². The number of hydrogen-bond acceptors (Lipinski definition) is 4. The zero-order valence-corrected chi connectivity index (χ0v) is 18.9. The lowest BCUT2D eigenvalue weighted by atomic mass is 9.76. The van der Waals surface area contributed by atoms with E-state index in [0.717, 1.165) is 12.1 Å². The number of benzene rings is 2. The third-order valence-electron chi connectivity index (χ3n) is 5.92. The molecule has 3 rings (SSSR count). The number of halogens is 6. The maximum Gasteiger partial charge on any atom is 0.511 e. The van der Waals surface area contributed by atoms with Crippen LogP contribution in [0.3, 0.4) is 0 Å². The van der Waals surface area contributed by atoms with Crippen molar-refractivity contribution in [1.82, 2.24) is 4.31 Å². The predicted molar refractivity (Wildman–Crippen MR) is 114 cm³/mol. The highest BCUT2D eigenvalue weighted by atomic mass is 32.2. The Bertz CT molecular complexity index is 1150. The predicted octanol–water partition coefficient (Wildman–Crippen LogP) is 4.18. The number of nitrogens with zero attached hydrogens (tertiary/aromatic N) is 1. The molecule has 0 spiro atoms. The molecule has 0 bridgehead atoms. The Morgan fingerprint density at radius 1 is 0.971 bits per heavy atom. The van der Waals surface area contributed by atoms with Gasteiger partial charge in [-0.05, 0) is 42.5 Å². The Morgan fingerprint density at radius 3 is 2.11 bits per heavy atom. The van der Waals surface area contributed by atoms with Crippen LogP contribution in [0.25, 0.3) is 0 Å². The van der Waals surface area contributed by atoms with Crippen molar-refractivity contribution in [3.63, 3.8) is 0 Å². The Hall–Kier alpha value is -2.64. The number of sulfonamides is 1. The molecule has 1 aliphatic heterocycles. The average Bonchev–Trinajstić information content (AvgIpc) is 2.78. The second kappa shape index (κ2) is 9.78. The van der Waals surface area contributed by atoms with Crippen molar-refractivity contribution in [2.75, 3.05) is 18.4 Å². The van der Waals surface area contributed by atoms with Crippen LogP contribution in [0.1, 0.15) is 24.0 Å². The van der Waals surface area contributed by atoms with Crippen molar-refractivity contribution in [3.8, 4) is 0 Å². The van der Waals surface area contributed by atoms with Crippen LogP contribution in [-0.4, -0.2) is 47.9 Å². The zero-order chi connectivity index (χ0) is 26.1. The summed E-state index contributed by atoms with van der Waals surface area (Å²) in [5, 5.41) is 13.8. The number of amides is 1. The average molecular weight is 524 g/mol. The molecule has 0 saturated carbocycles. The molecule has 1 unspecified atom stereocenters. The van der Waals surface area contributed by atoms with E-state index in [-0.39, 0.29) is 29.3 Å². The molecule has 0 aliphatic carbocycles. The van der Waals surface area contributed by atoms with E-state index < -0.39 is 57.8 Å². The minimum Gasteiger partial charge on any atom is -0.379 e. The molecule has 1 aliphatic rings. The summed E-state index contributed by atoms with van der Waals surface area (Å²) in [5.74, 6) is -2.01. The minimum absolute atomic E-state index is 0.228. The number of nitrogens with one attached hydrogen (secondary N) is 1. The van der Waals surface area contributed by atoms with E-state index >= 15 is 0 Å². The van der Waals surface area contributed by atoms with Gasteiger partial charge in [0.25, 0.3) is 5.91 Å². The smallest absolute Gasteiger partial charge is 0.379 e. The van der Waals surface area contributed by atoms with Gasteiger partial charge in [-0.25, -0.2) is 8.42 Å². The number of anilines is 1. The Balaban J connectivity index is 1.86. The summed E-state index contributed by atoms with van der Waals surface area (Å²) in [7, 11) is -5.57. The first kappa shape index (κ1) is 27.0. The molecule has 192 valence electrons. The number of carbonyl (C=O) groups excluding carboxylic acids is 1. The lowest BCUT2D eigenvalue weighted by molar-refractivity contribution is -0.142. The first-order chi connectivity index (χ1) is 16.1. The van der Waals surface area contributed by atoms with Crippen LogP contribution in [-0.2, 0) is 27.4 Å². The van der Waals surface area contributed by atoms with Gasteiger partial charge in [0.15, 0.2) is 0 Å². The fourth-order valence-corrected chi connectivity index (χ4v) is 5.03. The monoisotopic (exact) mass is 524 g/mol. The molecule has 13 heteroatoms. The molecule has 6 nitrogen and oxygen atoms in total. The van der Waals surface area contributed by atoms with Crippen LogP contribution >= 0.6 is 0 Å². The first-order valence-corrected chi connectivity index (χ1v) is 11.9. The standard InChI is InChI=1S/C22H22F6N2O4S/c23-21(24,25)17-7-4-8-18(13-17)29-19(31)20(32,14-15-5-2-1-3-6-15)16-9-11-30(12-10-16)35(33,34)22(26,27)28/h1-8,13,16,32H,9-12,14H2,(H,29,31). The van der Waals surface area contributed by atoms with E-state index in [1.54, 1.807) is 30.3 Å². The largest absolute Gasteiger partial charge is 0.511 e. The van der Waals surface area contributed by atoms with Gasteiger partial charge in [-0.1, -0.05) is 36.4 Å². The molecule has 1 heterocycles. The van der Waals surface area contributed by atoms with Gasteiger partial charge in [0, 0.05) is 25.2 Å². The molecule has 1 saturated heterocycles. The van der Waals surface area contributed by atoms with Crippen LogP contribution in [0.15, 0.2) is 54.6 Å². The highest BCUT2D eigenvalue weighted by molar-refractivity contribution is 7.90. The first-order valence-electron chi connectivity index (χ1n) is 10.5. The van der Waals surface area contributed by atoms with Gasteiger partial charge >= 0.3 is 21.7 Å². The Morgan fingerprint density at radius 2 is 1.57 bits per heavy atom. The summed E-state index contributed by atoms with van der Waals surface area (Å²) in [6, 6.07) is 12.0. The second-order valence-corrected chi connectivity index (χ2v) is 10.2. The van der Waals surface area contributed by atoms with Crippen LogP contribution in [0, 0.1) is 5.92 Å². The van der Waals surface area contributed by atoms with E-state index in [2.05, 4.69) is 5.32 Å². The minimum atomic E-state index is -5.57. The normalized spacial score (nSPS) is 18.1. The van der Waals surface area contributed by atoms with E-state index in [1.165, 1.54) is 6.07 Å². The van der Waals surface area contributed by atoms with Gasteiger partial charge in [0.05, 0.1) is 5.56 Å². The third kappa shape index (κ3) is 5.96. The molecule has 2 aromatic carbocycles. The van der Waals surface area contributed by atoms with Crippen LogP contribution < -0.4 is 5.32 Å². The van der Waals surface area contributed by atoms with Gasteiger partial charge < -0.3 is 10.4 Å². The molecule has 0 radical (unpaired) electrons. The van der Waals surface area contributed by atoms with Gasteiger partial charge in [-0.2, -0.15) is 30.6 Å². The lowest BCUT2D eigenvalue weighted by Crippen LogP contribution is -2.55. The van der Waals surface area contributed by atoms with Gasteiger partial charge in [-0.3, -0.25) is 4.79 Å². The van der Waals surface area contributed by atoms with Gasteiger partial charge in [0.2, 0.25) is 0 Å². The van der Waals surface area contributed by atoms with E-state index in [0.29, 0.717) is 11.6 Å². The number of piperidine rings is 1. The molecule has 2 N–H and O–H groups in total. The zero-order valence-electron chi connectivity index (χ0n) is 18.1. The fourth-order valence-electron chi connectivity index (χ4n) is 4.05. The van der Waals surface area contributed by atoms with Gasteiger partial charge in [0.1, 0.15) is 5.60 Å². The summed E-state index contributed by atoms with van der Waals surface area (Å²) in [6.45, 7) is -1.17. The maximum absolute atomic E-state index is 13.2. The molecule has 35 heavy (non-hydrogen) atoms. The fraction of sp³-hybridized carbons (Fsp3) is 0.409. The molecular weight excluding hydrogens is 502 g/mol. The quantitative estimate of drug-likeness (QED) is 0.556. The van der Waals surface area contributed by atoms with E-state index in [9.17, 15) is 44.7 Å². The van der Waals surface area contributed by atoms with Crippen molar-refractivity contribution >= 4 is 21.6 Å². The van der Waals surface area contributed by atoms with Crippen LogP contribution in [0.4, 0.5) is 32.0 Å². The number of carbonyl (C=O) groups is 1. The Kier molecular flexibility index (Phi) is 7.53. The number of hydrogen-bond donors (Lipinski definition) is 2. The highest BCUT2D eigenvalue weighted by Crippen LogP contribution is 2.37. The van der Waals surface area contributed by atoms with Gasteiger partial charge in [-0.15, -0.1) is 0 Å². The third-order valence-corrected chi connectivity index (χ3v) is 7.55. The van der Waals surface area contributed by atoms with E-state index in [1.807, 2.05) is 0 Å². The number of aliphatic hydroxyl groups is 1. The highest BCUT2D eigenvalue weighted by Gasteiger charge is 2.52. The van der Waals surface area contributed by atoms with Crippen LogP contribution in [0.2, 0.25) is 0 Å². The summed E-state index contributed by atoms with van der Waals surface area (Å²) in [6.07, 6.45) is -5.49. The van der Waals surface area contributed by atoms with E-state index in [4.69, 9.17) is 0 Å². The SMILES string of the molecule is O=C(Nc1cccc(C(F)(F)F)c1)C(O)(Cc1ccccc1)C1CCN(S(=O)(=O)C(F)(F)F)CC1. The number of alkyl halides is 6. The van der Waals surface area contributed by atoms with Crippen LogP contribution in [0.5, 0.6) is 0 Å². The van der Waals surface area contributed by atoms with Crippen molar-refractivity contribution in [1.29, 1.82) is 0 Å². The second-order valence-electron chi connectivity index (χ2n) is 8.24. The molecular formula is C22H22F6N2O4S. The summed E-state index contributed by atoms with van der Waals surface area (Å²) in [4.78, 5) is 13.2. The molecule has 1 atom stereocenters. The summed E-state index contributed by atoms with van der Waals surface area (Å²) >= 11 is 0. The van der Waals surface area contributed by atoms with Crippen molar-refractivity contribution in [3.05, 3.63) is 65.7 Å². The molecule has 1 amide bonds. The molecule has 2 aromatic rings. The molecule has 1 fully saturated rings. The maximum atomic E-state index is 13.2. The number of rotatable bonds is 6. The van der Waals surface area contributed by atoms with Crippen molar-refractivity contribution in [2.24, 2.45) is 5.92 Å². The molecule has 0 aromatic heterocycles. The summed E-state index contributed by atoms with van der Waals surface area (Å²) < 4.78 is 101.